The van der Waals surface area contributed by atoms with Gasteiger partial charge in [-0.15, -0.1) is 0 Å². The summed E-state index contributed by atoms with van der Waals surface area (Å²) in [7, 11) is -4.83. The maximum absolute atomic E-state index is 13.1. The van der Waals surface area contributed by atoms with Crippen molar-refractivity contribution in [1.29, 1.82) is 0 Å². The Kier molecular flexibility index (Phi) is 9.48. The van der Waals surface area contributed by atoms with Crippen molar-refractivity contribution in [3.8, 4) is 0 Å². The lowest BCUT2D eigenvalue weighted by molar-refractivity contribution is -0.270. The molecule has 0 radical (unpaired) electrons. The van der Waals surface area contributed by atoms with Gasteiger partial charge in [0.15, 0.2) is 6.29 Å². The number of aromatic amines is 1. The van der Waals surface area contributed by atoms with Gasteiger partial charge in [-0.2, -0.15) is 0 Å². The third-order valence-corrected chi connectivity index (χ3v) is 7.24. The highest BCUT2D eigenvalue weighted by molar-refractivity contribution is 7.50. The lowest BCUT2D eigenvalue weighted by Gasteiger charge is -2.39. The zero-order valence-electron chi connectivity index (χ0n) is 20.6. The average molecular weight is 544 g/mol. The van der Waals surface area contributed by atoms with E-state index in [2.05, 4.69) is 15.4 Å². The van der Waals surface area contributed by atoms with Gasteiger partial charge in [-0.3, -0.25) is 9.32 Å². The van der Waals surface area contributed by atoms with Crippen molar-refractivity contribution in [2.45, 2.75) is 76.4 Å². The van der Waals surface area contributed by atoms with E-state index in [0.29, 0.717) is 5.56 Å². The minimum atomic E-state index is -4.83. The van der Waals surface area contributed by atoms with Crippen LogP contribution in [-0.2, 0) is 29.8 Å². The van der Waals surface area contributed by atoms with E-state index in [-0.39, 0.29) is 18.8 Å². The summed E-state index contributed by atoms with van der Waals surface area (Å²) < 4.78 is 23.0. The number of nitrogens with one attached hydrogen (secondary N) is 3. The number of ether oxygens (including phenoxy) is 1. The largest absolute Gasteiger partial charge is 0.480 e. The molecule has 1 aliphatic heterocycles. The zero-order chi connectivity index (χ0) is 27.5. The molecule has 0 bridgehead atoms. The van der Waals surface area contributed by atoms with Crippen LogP contribution in [0.25, 0.3) is 10.9 Å². The minimum absolute atomic E-state index is 0.0347. The van der Waals surface area contributed by atoms with Crippen molar-refractivity contribution >= 4 is 30.5 Å². The summed E-state index contributed by atoms with van der Waals surface area (Å²) >= 11 is 0. The van der Waals surface area contributed by atoms with E-state index in [9.17, 15) is 39.5 Å². The van der Waals surface area contributed by atoms with Gasteiger partial charge in [0.1, 0.15) is 24.4 Å². The van der Waals surface area contributed by atoms with Crippen molar-refractivity contribution in [3.05, 3.63) is 36.0 Å². The van der Waals surface area contributed by atoms with Gasteiger partial charge in [-0.05, 0) is 30.9 Å². The number of aliphatic hydroxyl groups is 3. The van der Waals surface area contributed by atoms with Gasteiger partial charge in [0.25, 0.3) is 0 Å². The smallest absolute Gasteiger partial charge is 0.406 e. The summed E-state index contributed by atoms with van der Waals surface area (Å²) in [5.41, 5.74) is 1.48. The summed E-state index contributed by atoms with van der Waals surface area (Å²) in [6.07, 6.45) is -6.08. The first-order valence-corrected chi connectivity index (χ1v) is 13.4. The first-order valence-electron chi connectivity index (χ1n) is 11.9. The van der Waals surface area contributed by atoms with Crippen molar-refractivity contribution in [2.24, 2.45) is 5.92 Å². The van der Waals surface area contributed by atoms with E-state index in [1.54, 1.807) is 20.0 Å². The molecule has 37 heavy (non-hydrogen) atoms. The first-order chi connectivity index (χ1) is 17.3. The Morgan fingerprint density at radius 3 is 2.46 bits per heavy atom. The van der Waals surface area contributed by atoms with Crippen molar-refractivity contribution in [1.82, 2.24) is 15.4 Å². The lowest BCUT2D eigenvalue weighted by atomic mass is 10.0. The predicted molar refractivity (Wildman–Crippen MR) is 131 cm³/mol. The molecule has 1 unspecified atom stereocenters. The highest BCUT2D eigenvalue weighted by Gasteiger charge is 2.45. The molecule has 1 amide bonds. The molecule has 8 N–H and O–H groups in total. The van der Waals surface area contributed by atoms with E-state index in [1.807, 2.05) is 24.3 Å². The van der Waals surface area contributed by atoms with E-state index in [1.165, 1.54) is 6.92 Å². The number of carbonyl (C=O) groups is 2. The second-order valence-electron chi connectivity index (χ2n) is 9.58. The monoisotopic (exact) mass is 543 g/mol. The lowest BCUT2D eigenvalue weighted by Crippen LogP contribution is -2.57. The Morgan fingerprint density at radius 1 is 1.14 bits per heavy atom. The maximum Gasteiger partial charge on any atom is 0.406 e. The number of carboxylic acids is 1. The van der Waals surface area contributed by atoms with Gasteiger partial charge in [0.05, 0.1) is 12.1 Å². The molecule has 206 valence electrons. The summed E-state index contributed by atoms with van der Waals surface area (Å²) in [6, 6.07) is 4.63. The summed E-state index contributed by atoms with van der Waals surface area (Å²) in [4.78, 5) is 38.5. The SMILES string of the molecule is CC(C)C[C@H](NP(=O)(O)O[C@@H]1O[C@H](C)[C@H](O)[C@H](O)[C@@H]1O)C(=O)N[C@H](Cc1c[nH]c2ccccc12)C(=O)O. The molecule has 1 aromatic heterocycles. The summed E-state index contributed by atoms with van der Waals surface area (Å²) in [5, 5.41) is 45.0. The fourth-order valence-electron chi connectivity index (χ4n) is 4.15. The standard InChI is InChI=1S/C23H34N3O10P/c1-11(2)8-16(26-37(33,34)36-23-20(29)19(28)18(27)12(3)35-23)21(30)25-17(22(31)32)9-13-10-24-15-7-5-4-6-14(13)15/h4-7,10-12,16-20,23-24,27-29H,8-9H2,1-3H3,(H,25,30)(H,31,32)(H2,26,33,34)/t12-,16+,17-,18+,19+,20+,23+/m1/s1. The Hall–Kier alpha value is -2.35. The third-order valence-electron chi connectivity index (χ3n) is 6.11. The quantitative estimate of drug-likeness (QED) is 0.180. The van der Waals surface area contributed by atoms with Gasteiger partial charge in [-0.25, -0.2) is 14.4 Å². The molecule has 2 heterocycles. The van der Waals surface area contributed by atoms with Crippen LogP contribution in [0.1, 0.15) is 32.8 Å². The normalized spacial score (nSPS) is 27.5. The summed E-state index contributed by atoms with van der Waals surface area (Å²) in [5.74, 6) is -2.27. The zero-order valence-corrected chi connectivity index (χ0v) is 21.5. The molecule has 0 aliphatic carbocycles. The molecule has 1 aliphatic rings. The number of carbonyl (C=O) groups excluding carboxylic acids is 1. The Morgan fingerprint density at radius 2 is 1.81 bits per heavy atom. The summed E-state index contributed by atoms with van der Waals surface area (Å²) in [6.45, 7) is 4.90. The molecular formula is C23H34N3O10P. The molecule has 8 atom stereocenters. The van der Waals surface area contributed by atoms with Crippen LogP contribution < -0.4 is 10.4 Å². The molecule has 0 spiro atoms. The van der Waals surface area contributed by atoms with Gasteiger partial charge < -0.3 is 40.4 Å². The van der Waals surface area contributed by atoms with Crippen molar-refractivity contribution < 1.29 is 48.7 Å². The Labute approximate surface area is 213 Å². The van der Waals surface area contributed by atoms with Crippen LogP contribution in [0, 0.1) is 5.92 Å². The van der Waals surface area contributed by atoms with Crippen LogP contribution in [0.5, 0.6) is 0 Å². The number of hydrogen-bond acceptors (Lipinski definition) is 8. The van der Waals surface area contributed by atoms with Crippen LogP contribution in [0.15, 0.2) is 30.5 Å². The van der Waals surface area contributed by atoms with E-state index in [0.717, 1.165) is 10.9 Å². The van der Waals surface area contributed by atoms with Gasteiger partial charge >= 0.3 is 13.7 Å². The molecule has 0 saturated carbocycles. The van der Waals surface area contributed by atoms with Crippen molar-refractivity contribution in [3.63, 3.8) is 0 Å². The second-order valence-corrected chi connectivity index (χ2v) is 11.1. The fourth-order valence-corrected chi connectivity index (χ4v) is 5.28. The second kappa shape index (κ2) is 12.0. The third kappa shape index (κ3) is 7.37. The molecule has 1 fully saturated rings. The number of aromatic nitrogens is 1. The van der Waals surface area contributed by atoms with E-state index in [4.69, 9.17) is 9.26 Å². The predicted octanol–water partition coefficient (Wildman–Crippen LogP) is 0.229. The van der Waals surface area contributed by atoms with Crippen LogP contribution >= 0.6 is 7.75 Å². The molecule has 13 nitrogen and oxygen atoms in total. The van der Waals surface area contributed by atoms with Gasteiger partial charge in [0, 0.05) is 23.5 Å². The van der Waals surface area contributed by atoms with Crippen LogP contribution in [-0.4, -0.2) is 85.0 Å². The number of carboxylic acid groups (broad SMARTS) is 1. The molecule has 14 heteroatoms. The molecule has 1 saturated heterocycles. The van der Waals surface area contributed by atoms with Crippen molar-refractivity contribution in [2.75, 3.05) is 0 Å². The molecule has 1 aromatic carbocycles. The molecule has 3 rings (SSSR count). The number of aliphatic carboxylic acids is 1. The first kappa shape index (κ1) is 29.2. The molecular weight excluding hydrogens is 509 g/mol. The number of hydrogen-bond donors (Lipinski definition) is 8. The molecule has 2 aromatic rings. The van der Waals surface area contributed by atoms with E-state index >= 15 is 0 Å². The van der Waals surface area contributed by atoms with Gasteiger partial charge in [-0.1, -0.05) is 32.0 Å². The Bertz CT molecular complexity index is 1140. The fraction of sp³-hybridized carbons (Fsp3) is 0.565. The highest BCUT2D eigenvalue weighted by atomic mass is 31.2. The highest BCUT2D eigenvalue weighted by Crippen LogP contribution is 2.42. The number of para-hydroxylation sites is 1. The van der Waals surface area contributed by atoms with Crippen LogP contribution in [0.2, 0.25) is 0 Å². The van der Waals surface area contributed by atoms with Gasteiger partial charge in [0.2, 0.25) is 5.91 Å². The number of benzene rings is 1. The van der Waals surface area contributed by atoms with Crippen LogP contribution in [0.4, 0.5) is 0 Å². The number of fused-ring (bicyclic) bond motifs is 1. The topological polar surface area (TPSA) is 211 Å². The maximum atomic E-state index is 13.1. The number of H-pyrrole nitrogens is 1. The van der Waals surface area contributed by atoms with Crippen LogP contribution in [0.3, 0.4) is 0 Å². The minimum Gasteiger partial charge on any atom is -0.480 e. The number of amides is 1. The number of rotatable bonds is 11. The average Bonchev–Trinajstić information content (AvgIpc) is 3.22. The number of aliphatic hydroxyl groups excluding tert-OH is 3. The van der Waals surface area contributed by atoms with E-state index < -0.39 is 62.4 Å². The Balaban J connectivity index is 1.72.